The van der Waals surface area contributed by atoms with Crippen LogP contribution in [0.2, 0.25) is 5.02 Å². The van der Waals surface area contributed by atoms with Crippen molar-refractivity contribution >= 4 is 23.4 Å². The molecule has 0 aliphatic carbocycles. The van der Waals surface area contributed by atoms with Crippen LogP contribution >= 0.6 is 23.4 Å². The fourth-order valence-electron chi connectivity index (χ4n) is 2.66. The van der Waals surface area contributed by atoms with Crippen molar-refractivity contribution in [1.82, 2.24) is 14.8 Å². The van der Waals surface area contributed by atoms with Gasteiger partial charge in [-0.25, -0.2) is 0 Å². The van der Waals surface area contributed by atoms with E-state index in [1.165, 1.54) is 5.56 Å². The molecule has 0 aliphatic rings. The van der Waals surface area contributed by atoms with E-state index in [9.17, 15) is 0 Å². The van der Waals surface area contributed by atoms with Gasteiger partial charge in [-0.1, -0.05) is 71.9 Å². The van der Waals surface area contributed by atoms with Crippen molar-refractivity contribution in [2.75, 3.05) is 0 Å². The number of aromatic nitrogens is 3. The first-order valence-corrected chi connectivity index (χ1v) is 9.32. The zero-order valence-electron chi connectivity index (χ0n) is 13.8. The Morgan fingerprint density at radius 2 is 1.75 bits per heavy atom. The third kappa shape index (κ3) is 3.82. The SMILES string of the molecule is CCn1c(Cc2ccccc2)nnc1SC(C)c1ccccc1Cl. The van der Waals surface area contributed by atoms with E-state index in [4.69, 9.17) is 11.6 Å². The fourth-order valence-corrected chi connectivity index (χ4v) is 4.12. The predicted octanol–water partition coefficient (Wildman–Crippen LogP) is 5.40. The van der Waals surface area contributed by atoms with E-state index in [0.717, 1.165) is 34.5 Å². The van der Waals surface area contributed by atoms with Crippen molar-refractivity contribution in [2.24, 2.45) is 0 Å². The van der Waals surface area contributed by atoms with Gasteiger partial charge in [0, 0.05) is 23.2 Å². The van der Waals surface area contributed by atoms with Crippen LogP contribution in [-0.2, 0) is 13.0 Å². The van der Waals surface area contributed by atoms with Gasteiger partial charge in [0.2, 0.25) is 0 Å². The molecule has 0 saturated heterocycles. The second kappa shape index (κ2) is 7.86. The first-order valence-electron chi connectivity index (χ1n) is 8.06. The molecule has 1 unspecified atom stereocenters. The molecule has 2 aromatic carbocycles. The Morgan fingerprint density at radius 3 is 2.46 bits per heavy atom. The van der Waals surface area contributed by atoms with Crippen LogP contribution in [-0.4, -0.2) is 14.8 Å². The summed E-state index contributed by atoms with van der Waals surface area (Å²) in [5, 5.41) is 10.8. The summed E-state index contributed by atoms with van der Waals surface area (Å²) in [6, 6.07) is 18.3. The van der Waals surface area contributed by atoms with Crippen molar-refractivity contribution < 1.29 is 0 Å². The first kappa shape index (κ1) is 17.1. The second-order valence-electron chi connectivity index (χ2n) is 5.59. The summed E-state index contributed by atoms with van der Waals surface area (Å²) in [4.78, 5) is 0. The van der Waals surface area contributed by atoms with E-state index in [2.05, 4.69) is 58.9 Å². The zero-order valence-corrected chi connectivity index (χ0v) is 15.4. The van der Waals surface area contributed by atoms with Crippen molar-refractivity contribution in [3.05, 3.63) is 76.6 Å². The predicted molar refractivity (Wildman–Crippen MR) is 101 cm³/mol. The highest BCUT2D eigenvalue weighted by Gasteiger charge is 2.17. The molecule has 0 spiro atoms. The van der Waals surface area contributed by atoms with E-state index in [0.29, 0.717) is 0 Å². The second-order valence-corrected chi connectivity index (χ2v) is 7.30. The molecular formula is C19H20ClN3S. The van der Waals surface area contributed by atoms with E-state index in [1.807, 2.05) is 24.3 Å². The molecule has 3 nitrogen and oxygen atoms in total. The van der Waals surface area contributed by atoms with Crippen molar-refractivity contribution in [1.29, 1.82) is 0 Å². The molecule has 0 amide bonds. The number of halogens is 1. The summed E-state index contributed by atoms with van der Waals surface area (Å²) in [7, 11) is 0. The normalized spacial score (nSPS) is 12.3. The van der Waals surface area contributed by atoms with Crippen molar-refractivity contribution in [3.63, 3.8) is 0 Å². The van der Waals surface area contributed by atoms with Gasteiger partial charge in [-0.2, -0.15) is 0 Å². The maximum Gasteiger partial charge on any atom is 0.191 e. The van der Waals surface area contributed by atoms with Crippen molar-refractivity contribution in [2.45, 2.75) is 37.2 Å². The molecule has 0 bridgehead atoms. The molecule has 0 aliphatic heterocycles. The molecule has 1 atom stereocenters. The highest BCUT2D eigenvalue weighted by atomic mass is 35.5. The lowest BCUT2D eigenvalue weighted by Crippen LogP contribution is -2.04. The lowest BCUT2D eigenvalue weighted by Gasteiger charge is -2.13. The minimum atomic E-state index is 0.220. The van der Waals surface area contributed by atoms with Crippen LogP contribution in [0.1, 0.15) is 36.0 Å². The molecule has 0 fully saturated rings. The summed E-state index contributed by atoms with van der Waals surface area (Å²) in [5.41, 5.74) is 2.37. The van der Waals surface area contributed by atoms with Gasteiger partial charge in [0.1, 0.15) is 5.82 Å². The summed E-state index contributed by atoms with van der Waals surface area (Å²) < 4.78 is 2.19. The number of benzene rings is 2. The Morgan fingerprint density at radius 1 is 1.04 bits per heavy atom. The van der Waals surface area contributed by atoms with Gasteiger partial charge < -0.3 is 4.57 Å². The Hall–Kier alpha value is -1.78. The highest BCUT2D eigenvalue weighted by molar-refractivity contribution is 7.99. The number of hydrogen-bond acceptors (Lipinski definition) is 3. The number of thioether (sulfide) groups is 1. The number of rotatable bonds is 6. The van der Waals surface area contributed by atoms with Crippen LogP contribution in [0.5, 0.6) is 0 Å². The third-order valence-corrected chi connectivity index (χ3v) is 5.40. The molecule has 0 N–H and O–H groups in total. The molecule has 5 heteroatoms. The van der Waals surface area contributed by atoms with E-state index < -0.39 is 0 Å². The number of nitrogens with zero attached hydrogens (tertiary/aromatic N) is 3. The van der Waals surface area contributed by atoms with Crippen LogP contribution in [0.3, 0.4) is 0 Å². The van der Waals surface area contributed by atoms with Gasteiger partial charge in [-0.05, 0) is 31.0 Å². The van der Waals surface area contributed by atoms with Gasteiger partial charge >= 0.3 is 0 Å². The van der Waals surface area contributed by atoms with E-state index in [1.54, 1.807) is 11.8 Å². The summed E-state index contributed by atoms with van der Waals surface area (Å²) in [6.45, 7) is 5.13. The van der Waals surface area contributed by atoms with Crippen molar-refractivity contribution in [3.8, 4) is 0 Å². The fraction of sp³-hybridized carbons (Fsp3) is 0.263. The first-order chi connectivity index (χ1) is 11.7. The summed E-state index contributed by atoms with van der Waals surface area (Å²) in [5.74, 6) is 0.998. The molecule has 124 valence electrons. The summed E-state index contributed by atoms with van der Waals surface area (Å²) in [6.07, 6.45) is 0.794. The average Bonchev–Trinajstić information content (AvgIpc) is 2.97. The summed E-state index contributed by atoms with van der Waals surface area (Å²) >= 11 is 8.01. The smallest absolute Gasteiger partial charge is 0.191 e. The van der Waals surface area contributed by atoms with Gasteiger partial charge in [-0.15, -0.1) is 10.2 Å². The Bertz CT molecular complexity index is 801. The highest BCUT2D eigenvalue weighted by Crippen LogP contribution is 2.37. The molecule has 24 heavy (non-hydrogen) atoms. The molecule has 3 aromatic rings. The van der Waals surface area contributed by atoms with Crippen LogP contribution in [0.25, 0.3) is 0 Å². The van der Waals surface area contributed by atoms with Gasteiger partial charge in [0.05, 0.1) is 0 Å². The van der Waals surface area contributed by atoms with E-state index >= 15 is 0 Å². The van der Waals surface area contributed by atoms with Gasteiger partial charge in [-0.3, -0.25) is 0 Å². The van der Waals surface area contributed by atoms with Gasteiger partial charge in [0.25, 0.3) is 0 Å². The lowest BCUT2D eigenvalue weighted by molar-refractivity contribution is 0.650. The number of hydrogen-bond donors (Lipinski definition) is 0. The largest absolute Gasteiger partial charge is 0.306 e. The third-order valence-electron chi connectivity index (χ3n) is 3.94. The molecule has 0 saturated carbocycles. The van der Waals surface area contributed by atoms with Crippen LogP contribution in [0.4, 0.5) is 0 Å². The standard InChI is InChI=1S/C19H20ClN3S/c1-3-23-18(13-15-9-5-4-6-10-15)21-22-19(23)24-14(2)16-11-7-8-12-17(16)20/h4-12,14H,3,13H2,1-2H3. The maximum atomic E-state index is 6.32. The Balaban J connectivity index is 1.80. The molecule has 3 rings (SSSR count). The topological polar surface area (TPSA) is 30.7 Å². The van der Waals surface area contributed by atoms with E-state index in [-0.39, 0.29) is 5.25 Å². The maximum absolute atomic E-state index is 6.32. The minimum Gasteiger partial charge on any atom is -0.306 e. The van der Waals surface area contributed by atoms with Gasteiger partial charge in [0.15, 0.2) is 5.16 Å². The van der Waals surface area contributed by atoms with Crippen LogP contribution < -0.4 is 0 Å². The average molecular weight is 358 g/mol. The monoisotopic (exact) mass is 357 g/mol. The molecular weight excluding hydrogens is 338 g/mol. The zero-order chi connectivity index (χ0) is 16.9. The molecule has 1 aromatic heterocycles. The van der Waals surface area contributed by atoms with Crippen LogP contribution in [0, 0.1) is 0 Å². The minimum absolute atomic E-state index is 0.220. The molecule has 0 radical (unpaired) electrons. The Kier molecular flexibility index (Phi) is 5.59. The lowest BCUT2D eigenvalue weighted by atomic mass is 10.1. The van der Waals surface area contributed by atoms with Crippen LogP contribution in [0.15, 0.2) is 59.8 Å². The quantitative estimate of drug-likeness (QED) is 0.554. The Labute approximate surface area is 152 Å². The molecule has 1 heterocycles.